The van der Waals surface area contributed by atoms with Crippen molar-refractivity contribution >= 4 is 11.6 Å². The van der Waals surface area contributed by atoms with E-state index in [4.69, 9.17) is 11.6 Å². The number of aryl methyl sites for hydroxylation is 1. The van der Waals surface area contributed by atoms with Crippen LogP contribution in [0.25, 0.3) is 11.3 Å². The van der Waals surface area contributed by atoms with Crippen LogP contribution in [0.2, 0.25) is 5.15 Å². The Morgan fingerprint density at radius 1 is 1.38 bits per heavy atom. The third kappa shape index (κ3) is 1.59. The number of halogens is 1. The van der Waals surface area contributed by atoms with Crippen LogP contribution in [-0.4, -0.2) is 20.0 Å². The van der Waals surface area contributed by atoms with Crippen LogP contribution in [0.5, 0.6) is 0 Å². The highest BCUT2D eigenvalue weighted by molar-refractivity contribution is 6.29. The van der Waals surface area contributed by atoms with Crippen LogP contribution in [0.4, 0.5) is 0 Å². The monoisotopic (exact) mass is 234 g/mol. The van der Waals surface area contributed by atoms with Crippen LogP contribution >= 0.6 is 11.6 Å². The summed E-state index contributed by atoms with van der Waals surface area (Å²) in [5, 5.41) is 8.82. The lowest BCUT2D eigenvalue weighted by atomic mass is 10.2. The maximum Gasteiger partial charge on any atom is 0.129 e. The van der Waals surface area contributed by atoms with Crippen molar-refractivity contribution in [2.75, 3.05) is 0 Å². The van der Waals surface area contributed by atoms with Crippen molar-refractivity contribution in [3.8, 4) is 11.3 Å². The Labute approximate surface area is 98.3 Å². The molecule has 0 spiro atoms. The number of pyridine rings is 1. The van der Waals surface area contributed by atoms with Gasteiger partial charge in [-0.25, -0.2) is 9.67 Å². The van der Waals surface area contributed by atoms with Gasteiger partial charge in [0.25, 0.3) is 0 Å². The standard InChI is InChI=1S/C11H11ClN4/c1-7-11(8-2-5-10(12)13-6-8)16(15-14-7)9-3-4-9/h2,5-6,9H,3-4H2,1H3. The number of hydrogen-bond donors (Lipinski definition) is 0. The smallest absolute Gasteiger partial charge is 0.129 e. The third-order valence-electron chi connectivity index (χ3n) is 2.76. The fraction of sp³-hybridized carbons (Fsp3) is 0.364. The molecule has 2 aromatic heterocycles. The van der Waals surface area contributed by atoms with Gasteiger partial charge in [0, 0.05) is 11.8 Å². The summed E-state index contributed by atoms with van der Waals surface area (Å²) in [7, 11) is 0. The summed E-state index contributed by atoms with van der Waals surface area (Å²) in [5.74, 6) is 0. The molecule has 1 aliphatic carbocycles. The van der Waals surface area contributed by atoms with Gasteiger partial charge in [-0.05, 0) is 31.9 Å². The zero-order valence-electron chi connectivity index (χ0n) is 8.89. The van der Waals surface area contributed by atoms with Crippen molar-refractivity contribution in [2.24, 2.45) is 0 Å². The Morgan fingerprint density at radius 3 is 2.81 bits per heavy atom. The Hall–Kier alpha value is -1.42. The highest BCUT2D eigenvalue weighted by atomic mass is 35.5. The minimum Gasteiger partial charge on any atom is -0.244 e. The second-order valence-electron chi connectivity index (χ2n) is 4.07. The predicted molar refractivity (Wildman–Crippen MR) is 61.3 cm³/mol. The van der Waals surface area contributed by atoms with Crippen molar-refractivity contribution in [1.82, 2.24) is 20.0 Å². The summed E-state index contributed by atoms with van der Waals surface area (Å²) in [6.07, 6.45) is 4.15. The molecular weight excluding hydrogens is 224 g/mol. The zero-order chi connectivity index (χ0) is 11.1. The van der Waals surface area contributed by atoms with Gasteiger partial charge < -0.3 is 0 Å². The fourth-order valence-electron chi connectivity index (χ4n) is 1.80. The molecule has 0 aliphatic heterocycles. The maximum absolute atomic E-state index is 5.78. The Morgan fingerprint density at radius 2 is 2.19 bits per heavy atom. The Bertz CT molecular complexity index is 513. The van der Waals surface area contributed by atoms with Crippen molar-refractivity contribution < 1.29 is 0 Å². The highest BCUT2D eigenvalue weighted by Gasteiger charge is 2.28. The second kappa shape index (κ2) is 3.56. The van der Waals surface area contributed by atoms with Gasteiger partial charge in [0.1, 0.15) is 5.15 Å². The van der Waals surface area contributed by atoms with Crippen LogP contribution in [0.15, 0.2) is 18.3 Å². The highest BCUT2D eigenvalue weighted by Crippen LogP contribution is 2.38. The second-order valence-corrected chi connectivity index (χ2v) is 4.46. The van der Waals surface area contributed by atoms with E-state index in [1.165, 1.54) is 12.8 Å². The third-order valence-corrected chi connectivity index (χ3v) is 2.98. The summed E-state index contributed by atoms with van der Waals surface area (Å²) < 4.78 is 2.00. The van der Waals surface area contributed by atoms with E-state index in [1.807, 2.05) is 17.7 Å². The van der Waals surface area contributed by atoms with Crippen LogP contribution < -0.4 is 0 Å². The SMILES string of the molecule is Cc1nnn(C2CC2)c1-c1ccc(Cl)nc1. The van der Waals surface area contributed by atoms with Crippen LogP contribution in [0.3, 0.4) is 0 Å². The van der Waals surface area contributed by atoms with Crippen molar-refractivity contribution in [3.05, 3.63) is 29.2 Å². The van der Waals surface area contributed by atoms with Gasteiger partial charge in [-0.2, -0.15) is 0 Å². The van der Waals surface area contributed by atoms with Gasteiger partial charge >= 0.3 is 0 Å². The zero-order valence-corrected chi connectivity index (χ0v) is 9.65. The fourth-order valence-corrected chi connectivity index (χ4v) is 1.92. The first-order chi connectivity index (χ1) is 7.75. The summed E-state index contributed by atoms with van der Waals surface area (Å²) in [5.41, 5.74) is 3.03. The molecule has 16 heavy (non-hydrogen) atoms. The van der Waals surface area contributed by atoms with Gasteiger partial charge in [-0.15, -0.1) is 5.10 Å². The largest absolute Gasteiger partial charge is 0.244 e. The molecule has 82 valence electrons. The first-order valence-electron chi connectivity index (χ1n) is 5.29. The van der Waals surface area contributed by atoms with E-state index in [9.17, 15) is 0 Å². The molecule has 0 N–H and O–H groups in total. The number of hydrogen-bond acceptors (Lipinski definition) is 3. The van der Waals surface area contributed by atoms with Crippen LogP contribution in [0.1, 0.15) is 24.6 Å². The van der Waals surface area contributed by atoms with Crippen LogP contribution in [0, 0.1) is 6.92 Å². The first kappa shape index (κ1) is 9.78. The molecule has 2 heterocycles. The number of rotatable bonds is 2. The lowest BCUT2D eigenvalue weighted by molar-refractivity contribution is 0.616. The molecule has 0 unspecified atom stereocenters. The summed E-state index contributed by atoms with van der Waals surface area (Å²) in [6.45, 7) is 1.97. The Balaban J connectivity index is 2.10. The topological polar surface area (TPSA) is 43.6 Å². The van der Waals surface area contributed by atoms with Crippen molar-refractivity contribution in [3.63, 3.8) is 0 Å². The molecule has 1 saturated carbocycles. The minimum atomic E-state index is 0.506. The number of nitrogens with zero attached hydrogens (tertiary/aromatic N) is 4. The average molecular weight is 235 g/mol. The quantitative estimate of drug-likeness (QED) is 0.751. The molecule has 2 aromatic rings. The van der Waals surface area contributed by atoms with E-state index in [2.05, 4.69) is 15.3 Å². The van der Waals surface area contributed by atoms with Gasteiger partial charge in [0.05, 0.1) is 17.4 Å². The maximum atomic E-state index is 5.78. The molecule has 0 saturated heterocycles. The molecule has 0 aromatic carbocycles. The normalized spacial score (nSPS) is 15.4. The summed E-state index contributed by atoms with van der Waals surface area (Å²) in [4.78, 5) is 4.09. The molecule has 4 nitrogen and oxygen atoms in total. The van der Waals surface area contributed by atoms with Gasteiger partial charge in [0.2, 0.25) is 0 Å². The molecule has 1 aliphatic rings. The van der Waals surface area contributed by atoms with Crippen molar-refractivity contribution in [1.29, 1.82) is 0 Å². The summed E-state index contributed by atoms with van der Waals surface area (Å²) in [6, 6.07) is 4.27. The summed E-state index contributed by atoms with van der Waals surface area (Å²) >= 11 is 5.78. The molecule has 3 rings (SSSR count). The van der Waals surface area contributed by atoms with Gasteiger partial charge in [-0.1, -0.05) is 16.8 Å². The lowest BCUT2D eigenvalue weighted by Gasteiger charge is -2.05. The van der Waals surface area contributed by atoms with Gasteiger partial charge in [0.15, 0.2) is 0 Å². The molecule has 0 radical (unpaired) electrons. The average Bonchev–Trinajstić information content (AvgIpc) is 3.05. The van der Waals surface area contributed by atoms with Crippen LogP contribution in [-0.2, 0) is 0 Å². The Kier molecular flexibility index (Phi) is 2.17. The van der Waals surface area contributed by atoms with E-state index >= 15 is 0 Å². The van der Waals surface area contributed by atoms with Gasteiger partial charge in [-0.3, -0.25) is 0 Å². The van der Waals surface area contributed by atoms with E-state index in [1.54, 1.807) is 12.3 Å². The van der Waals surface area contributed by atoms with E-state index < -0.39 is 0 Å². The minimum absolute atomic E-state index is 0.506. The molecular formula is C11H11ClN4. The molecule has 0 bridgehead atoms. The predicted octanol–water partition coefficient (Wildman–Crippen LogP) is 2.64. The van der Waals surface area contributed by atoms with E-state index in [-0.39, 0.29) is 0 Å². The molecule has 0 atom stereocenters. The molecule has 5 heteroatoms. The molecule has 0 amide bonds. The van der Waals surface area contributed by atoms with Crippen molar-refractivity contribution in [2.45, 2.75) is 25.8 Å². The molecule has 1 fully saturated rings. The van der Waals surface area contributed by atoms with E-state index in [0.29, 0.717) is 11.2 Å². The first-order valence-corrected chi connectivity index (χ1v) is 5.67. The number of aromatic nitrogens is 4. The lowest BCUT2D eigenvalue weighted by Crippen LogP contribution is -1.99. The van der Waals surface area contributed by atoms with E-state index in [0.717, 1.165) is 17.0 Å².